The molecule has 0 unspecified atom stereocenters. The van der Waals surface area contributed by atoms with Crippen molar-refractivity contribution in [1.82, 2.24) is 9.78 Å². The highest BCUT2D eigenvalue weighted by atomic mass is 35.5. The number of nitrogens with two attached hydrogens (primary N) is 1. The fraction of sp³-hybridized carbons (Fsp3) is 0.400. The van der Waals surface area contributed by atoms with E-state index in [0.717, 1.165) is 23.4 Å². The Morgan fingerprint density at radius 3 is 2.47 bits per heavy atom. The Morgan fingerprint density at radius 1 is 1.26 bits per heavy atom. The molecule has 2 aromatic rings. The molecule has 0 spiro atoms. The van der Waals surface area contributed by atoms with Crippen LogP contribution in [0.5, 0.6) is 0 Å². The smallest absolute Gasteiger partial charge is 0.146 e. The largest absolute Gasteiger partial charge is 0.382 e. The van der Waals surface area contributed by atoms with Crippen molar-refractivity contribution in [2.45, 2.75) is 34.1 Å². The highest BCUT2D eigenvalue weighted by Crippen LogP contribution is 2.31. The summed E-state index contributed by atoms with van der Waals surface area (Å²) in [4.78, 5) is 0. The van der Waals surface area contributed by atoms with Crippen molar-refractivity contribution in [3.05, 3.63) is 40.5 Å². The molecule has 19 heavy (non-hydrogen) atoms. The van der Waals surface area contributed by atoms with Gasteiger partial charge in [-0.3, -0.25) is 0 Å². The molecule has 0 atom stereocenters. The van der Waals surface area contributed by atoms with Crippen molar-refractivity contribution < 1.29 is 0 Å². The molecule has 2 N–H and O–H groups in total. The molecule has 1 aromatic carbocycles. The maximum atomic E-state index is 6.31. The first-order valence-electron chi connectivity index (χ1n) is 6.38. The minimum absolute atomic E-state index is 0.126. The number of halogens is 1. The molecule has 1 heterocycles. The van der Waals surface area contributed by atoms with Crippen LogP contribution in [0.3, 0.4) is 0 Å². The molecular formula is C15H20ClN3. The summed E-state index contributed by atoms with van der Waals surface area (Å²) in [5, 5.41) is 5.15. The van der Waals surface area contributed by atoms with Gasteiger partial charge in [-0.15, -0.1) is 0 Å². The number of benzene rings is 1. The summed E-state index contributed by atoms with van der Waals surface area (Å²) in [6.07, 6.45) is 0.801. The molecule has 102 valence electrons. The average Bonchev–Trinajstić information content (AvgIpc) is 2.56. The van der Waals surface area contributed by atoms with Gasteiger partial charge in [-0.05, 0) is 30.4 Å². The minimum Gasteiger partial charge on any atom is -0.382 e. The summed E-state index contributed by atoms with van der Waals surface area (Å²) in [7, 11) is 0. The lowest BCUT2D eigenvalue weighted by atomic mass is 9.91. The van der Waals surface area contributed by atoms with Crippen LogP contribution in [0.25, 0.3) is 5.69 Å². The maximum Gasteiger partial charge on any atom is 0.146 e. The van der Waals surface area contributed by atoms with Crippen molar-refractivity contribution in [3.8, 4) is 5.69 Å². The number of hydrogen-bond donors (Lipinski definition) is 1. The van der Waals surface area contributed by atoms with E-state index in [1.807, 2.05) is 31.2 Å². The van der Waals surface area contributed by atoms with Gasteiger partial charge in [0.1, 0.15) is 10.8 Å². The average molecular weight is 278 g/mol. The third-order valence-corrected chi connectivity index (χ3v) is 3.38. The van der Waals surface area contributed by atoms with Crippen LogP contribution in [0, 0.1) is 12.3 Å². The van der Waals surface area contributed by atoms with E-state index in [-0.39, 0.29) is 5.41 Å². The van der Waals surface area contributed by atoms with Gasteiger partial charge in [-0.1, -0.05) is 50.6 Å². The normalized spacial score (nSPS) is 11.8. The fourth-order valence-electron chi connectivity index (χ4n) is 2.06. The summed E-state index contributed by atoms with van der Waals surface area (Å²) in [6.45, 7) is 8.51. The minimum atomic E-state index is 0.126. The van der Waals surface area contributed by atoms with Crippen molar-refractivity contribution in [2.24, 2.45) is 5.41 Å². The number of anilines is 1. The predicted octanol–water partition coefficient (Wildman–Crippen LogP) is 4.00. The van der Waals surface area contributed by atoms with Gasteiger partial charge in [0.2, 0.25) is 0 Å². The lowest BCUT2D eigenvalue weighted by Crippen LogP contribution is -2.10. The zero-order valence-corrected chi connectivity index (χ0v) is 12.6. The van der Waals surface area contributed by atoms with E-state index >= 15 is 0 Å². The SMILES string of the molecule is Cc1ccccc1-n1nc(CC(C)(C)C)c(Cl)c1N. The molecule has 0 amide bonds. The summed E-state index contributed by atoms with van der Waals surface area (Å²) >= 11 is 6.31. The van der Waals surface area contributed by atoms with E-state index in [4.69, 9.17) is 17.3 Å². The maximum absolute atomic E-state index is 6.31. The molecule has 0 saturated heterocycles. The first-order chi connectivity index (χ1) is 8.79. The molecule has 0 radical (unpaired) electrons. The molecule has 0 aliphatic rings. The predicted molar refractivity (Wildman–Crippen MR) is 80.9 cm³/mol. The Balaban J connectivity index is 2.50. The van der Waals surface area contributed by atoms with E-state index in [9.17, 15) is 0 Å². The first kappa shape index (κ1) is 13.9. The number of para-hydroxylation sites is 1. The van der Waals surface area contributed by atoms with Gasteiger partial charge in [0, 0.05) is 0 Å². The quantitative estimate of drug-likeness (QED) is 0.901. The summed E-state index contributed by atoms with van der Waals surface area (Å²) in [5.74, 6) is 0.509. The third-order valence-electron chi connectivity index (χ3n) is 2.97. The van der Waals surface area contributed by atoms with Crippen molar-refractivity contribution in [3.63, 3.8) is 0 Å². The molecular weight excluding hydrogens is 258 g/mol. The molecule has 0 aliphatic carbocycles. The topological polar surface area (TPSA) is 43.8 Å². The highest BCUT2D eigenvalue weighted by molar-refractivity contribution is 6.33. The lowest BCUT2D eigenvalue weighted by Gasteiger charge is -2.16. The number of hydrogen-bond acceptors (Lipinski definition) is 2. The third kappa shape index (κ3) is 2.92. The molecule has 0 saturated carbocycles. The number of rotatable bonds is 2. The van der Waals surface area contributed by atoms with Gasteiger partial charge in [0.05, 0.1) is 11.4 Å². The van der Waals surface area contributed by atoms with Gasteiger partial charge in [-0.2, -0.15) is 5.10 Å². The van der Waals surface area contributed by atoms with Crippen LogP contribution in [0.15, 0.2) is 24.3 Å². The number of nitrogens with zero attached hydrogens (tertiary/aromatic N) is 2. The monoisotopic (exact) mass is 277 g/mol. The Morgan fingerprint density at radius 2 is 1.89 bits per heavy atom. The van der Waals surface area contributed by atoms with Gasteiger partial charge < -0.3 is 5.73 Å². The van der Waals surface area contributed by atoms with Crippen LogP contribution in [0.2, 0.25) is 5.02 Å². The zero-order valence-electron chi connectivity index (χ0n) is 11.9. The van der Waals surface area contributed by atoms with Crippen LogP contribution in [0.4, 0.5) is 5.82 Å². The number of aryl methyl sites for hydroxylation is 1. The zero-order chi connectivity index (χ0) is 14.2. The molecule has 0 bridgehead atoms. The Kier molecular flexibility index (Phi) is 3.59. The van der Waals surface area contributed by atoms with Crippen LogP contribution in [-0.2, 0) is 6.42 Å². The van der Waals surface area contributed by atoms with Gasteiger partial charge in [-0.25, -0.2) is 4.68 Å². The highest BCUT2D eigenvalue weighted by Gasteiger charge is 2.20. The Labute approximate surface area is 119 Å². The van der Waals surface area contributed by atoms with Crippen LogP contribution in [-0.4, -0.2) is 9.78 Å². The molecule has 2 rings (SSSR count). The number of aromatic nitrogens is 2. The summed E-state index contributed by atoms with van der Waals surface area (Å²) in [6, 6.07) is 8.00. The second kappa shape index (κ2) is 4.89. The first-order valence-corrected chi connectivity index (χ1v) is 6.76. The fourth-order valence-corrected chi connectivity index (χ4v) is 2.24. The van der Waals surface area contributed by atoms with Crippen molar-refractivity contribution >= 4 is 17.4 Å². The standard InChI is InChI=1S/C15H20ClN3/c1-10-7-5-6-8-12(10)19-14(17)13(16)11(18-19)9-15(2,3)4/h5-8H,9,17H2,1-4H3. The van der Waals surface area contributed by atoms with E-state index in [2.05, 4.69) is 25.9 Å². The number of nitrogen functional groups attached to an aromatic ring is 1. The summed E-state index contributed by atoms with van der Waals surface area (Å²) < 4.78 is 1.73. The van der Waals surface area contributed by atoms with Crippen molar-refractivity contribution in [2.75, 3.05) is 5.73 Å². The lowest BCUT2D eigenvalue weighted by molar-refractivity contribution is 0.405. The van der Waals surface area contributed by atoms with E-state index in [1.165, 1.54) is 0 Å². The molecule has 3 nitrogen and oxygen atoms in total. The van der Waals surface area contributed by atoms with Crippen LogP contribution < -0.4 is 5.73 Å². The molecule has 1 aromatic heterocycles. The Hall–Kier alpha value is -1.48. The molecule has 0 aliphatic heterocycles. The van der Waals surface area contributed by atoms with Crippen LogP contribution in [0.1, 0.15) is 32.0 Å². The van der Waals surface area contributed by atoms with E-state index in [1.54, 1.807) is 4.68 Å². The molecule has 4 heteroatoms. The van der Waals surface area contributed by atoms with Gasteiger partial charge >= 0.3 is 0 Å². The summed E-state index contributed by atoms with van der Waals surface area (Å²) in [5.41, 5.74) is 9.17. The second-order valence-corrected chi connectivity index (χ2v) is 6.46. The van der Waals surface area contributed by atoms with E-state index in [0.29, 0.717) is 10.8 Å². The second-order valence-electron chi connectivity index (χ2n) is 6.08. The van der Waals surface area contributed by atoms with Gasteiger partial charge in [0.25, 0.3) is 0 Å². The molecule has 0 fully saturated rings. The Bertz CT molecular complexity index is 594. The van der Waals surface area contributed by atoms with Crippen molar-refractivity contribution in [1.29, 1.82) is 0 Å². The van der Waals surface area contributed by atoms with Gasteiger partial charge in [0.15, 0.2) is 0 Å². The van der Waals surface area contributed by atoms with E-state index < -0.39 is 0 Å². The van der Waals surface area contributed by atoms with Crippen LogP contribution >= 0.6 is 11.6 Å².